The average molecular weight is 152 g/mol. The summed E-state index contributed by atoms with van der Waals surface area (Å²) in [7, 11) is 0. The summed E-state index contributed by atoms with van der Waals surface area (Å²) in [5.41, 5.74) is 1.40. The standard InChI is InChI=1S/C10H16O/c1-8-4-5-9-3-2-6-11-10(9)7-8/h9-10H,1-7H2. The van der Waals surface area contributed by atoms with Crippen molar-refractivity contribution in [1.29, 1.82) is 0 Å². The zero-order valence-electron chi connectivity index (χ0n) is 7.01. The molecule has 1 saturated heterocycles. The molecule has 1 aliphatic carbocycles. The molecule has 2 fully saturated rings. The maximum absolute atomic E-state index is 5.69. The van der Waals surface area contributed by atoms with E-state index < -0.39 is 0 Å². The first-order valence-corrected chi connectivity index (χ1v) is 4.64. The average Bonchev–Trinajstić information content (AvgIpc) is 2.04. The van der Waals surface area contributed by atoms with Crippen molar-refractivity contribution in [2.45, 2.75) is 38.2 Å². The van der Waals surface area contributed by atoms with Crippen molar-refractivity contribution >= 4 is 0 Å². The zero-order valence-corrected chi connectivity index (χ0v) is 7.01. The highest BCUT2D eigenvalue weighted by Crippen LogP contribution is 2.35. The predicted molar refractivity (Wildman–Crippen MR) is 45.5 cm³/mol. The number of ether oxygens (including phenoxy) is 1. The molecule has 1 heterocycles. The Morgan fingerprint density at radius 2 is 2.27 bits per heavy atom. The summed E-state index contributed by atoms with van der Waals surface area (Å²) >= 11 is 0. The molecule has 0 bridgehead atoms. The van der Waals surface area contributed by atoms with E-state index in [1.54, 1.807) is 0 Å². The number of fused-ring (bicyclic) bond motifs is 1. The lowest BCUT2D eigenvalue weighted by Gasteiger charge is -2.36. The van der Waals surface area contributed by atoms with Crippen LogP contribution >= 0.6 is 0 Å². The van der Waals surface area contributed by atoms with Crippen molar-refractivity contribution in [3.05, 3.63) is 12.2 Å². The smallest absolute Gasteiger partial charge is 0.0640 e. The third-order valence-corrected chi connectivity index (χ3v) is 2.94. The van der Waals surface area contributed by atoms with Crippen molar-refractivity contribution in [2.24, 2.45) is 5.92 Å². The Kier molecular flexibility index (Phi) is 1.99. The highest BCUT2D eigenvalue weighted by Gasteiger charge is 2.29. The zero-order chi connectivity index (χ0) is 7.68. The fourth-order valence-electron chi connectivity index (χ4n) is 2.23. The first-order valence-electron chi connectivity index (χ1n) is 4.64. The molecule has 0 N–H and O–H groups in total. The Morgan fingerprint density at radius 1 is 1.36 bits per heavy atom. The first kappa shape index (κ1) is 7.35. The Balaban J connectivity index is 1.98. The van der Waals surface area contributed by atoms with Gasteiger partial charge in [-0.05, 0) is 38.0 Å². The molecule has 0 aromatic heterocycles. The summed E-state index contributed by atoms with van der Waals surface area (Å²) in [4.78, 5) is 0. The summed E-state index contributed by atoms with van der Waals surface area (Å²) in [5.74, 6) is 0.856. The van der Waals surface area contributed by atoms with Gasteiger partial charge in [0, 0.05) is 6.61 Å². The summed E-state index contributed by atoms with van der Waals surface area (Å²) in [5, 5.41) is 0. The van der Waals surface area contributed by atoms with Gasteiger partial charge in [0.25, 0.3) is 0 Å². The lowest BCUT2D eigenvalue weighted by Crippen LogP contribution is -2.32. The molecule has 1 aliphatic heterocycles. The lowest BCUT2D eigenvalue weighted by atomic mass is 9.80. The maximum Gasteiger partial charge on any atom is 0.0640 e. The van der Waals surface area contributed by atoms with Gasteiger partial charge in [-0.15, -0.1) is 0 Å². The largest absolute Gasteiger partial charge is 0.378 e. The minimum atomic E-state index is 0.532. The van der Waals surface area contributed by atoms with Crippen LogP contribution in [-0.4, -0.2) is 12.7 Å². The van der Waals surface area contributed by atoms with Crippen LogP contribution in [0.2, 0.25) is 0 Å². The second kappa shape index (κ2) is 2.98. The van der Waals surface area contributed by atoms with Crippen LogP contribution in [0.4, 0.5) is 0 Å². The molecule has 2 unspecified atom stereocenters. The molecule has 0 aromatic rings. The van der Waals surface area contributed by atoms with E-state index in [4.69, 9.17) is 4.74 Å². The fraction of sp³-hybridized carbons (Fsp3) is 0.800. The van der Waals surface area contributed by atoms with Crippen LogP contribution in [0.5, 0.6) is 0 Å². The number of hydrogen-bond acceptors (Lipinski definition) is 1. The normalized spacial score (nSPS) is 38.4. The minimum Gasteiger partial charge on any atom is -0.378 e. The van der Waals surface area contributed by atoms with Crippen molar-refractivity contribution in [1.82, 2.24) is 0 Å². The Bertz CT molecular complexity index is 162. The maximum atomic E-state index is 5.69. The van der Waals surface area contributed by atoms with E-state index in [0.717, 1.165) is 18.9 Å². The topological polar surface area (TPSA) is 9.23 Å². The summed E-state index contributed by atoms with van der Waals surface area (Å²) in [6.45, 7) is 5.01. The minimum absolute atomic E-state index is 0.532. The van der Waals surface area contributed by atoms with E-state index in [1.807, 2.05) is 0 Å². The van der Waals surface area contributed by atoms with Crippen LogP contribution in [0.25, 0.3) is 0 Å². The third-order valence-electron chi connectivity index (χ3n) is 2.94. The van der Waals surface area contributed by atoms with Gasteiger partial charge in [-0.3, -0.25) is 0 Å². The molecule has 1 heteroatoms. The molecule has 0 radical (unpaired) electrons. The molecular weight excluding hydrogens is 136 g/mol. The number of rotatable bonds is 0. The van der Waals surface area contributed by atoms with Gasteiger partial charge in [0.1, 0.15) is 0 Å². The van der Waals surface area contributed by atoms with E-state index in [1.165, 1.54) is 31.3 Å². The van der Waals surface area contributed by atoms with Crippen molar-refractivity contribution in [2.75, 3.05) is 6.61 Å². The molecule has 11 heavy (non-hydrogen) atoms. The van der Waals surface area contributed by atoms with Crippen LogP contribution in [-0.2, 0) is 4.74 Å². The van der Waals surface area contributed by atoms with E-state index in [2.05, 4.69) is 6.58 Å². The van der Waals surface area contributed by atoms with Gasteiger partial charge in [-0.25, -0.2) is 0 Å². The van der Waals surface area contributed by atoms with Crippen LogP contribution in [0.1, 0.15) is 32.1 Å². The Labute approximate surface area is 68.4 Å². The molecule has 62 valence electrons. The molecule has 1 saturated carbocycles. The van der Waals surface area contributed by atoms with Gasteiger partial charge in [-0.1, -0.05) is 12.2 Å². The molecule has 1 nitrogen and oxygen atoms in total. The first-order chi connectivity index (χ1) is 5.36. The van der Waals surface area contributed by atoms with Gasteiger partial charge in [0.05, 0.1) is 6.10 Å². The van der Waals surface area contributed by atoms with Gasteiger partial charge < -0.3 is 4.74 Å². The van der Waals surface area contributed by atoms with Crippen LogP contribution in [0, 0.1) is 5.92 Å². The monoisotopic (exact) mass is 152 g/mol. The summed E-state index contributed by atoms with van der Waals surface area (Å²) in [6, 6.07) is 0. The van der Waals surface area contributed by atoms with Crippen molar-refractivity contribution in [3.63, 3.8) is 0 Å². The van der Waals surface area contributed by atoms with Crippen molar-refractivity contribution < 1.29 is 4.74 Å². The van der Waals surface area contributed by atoms with Gasteiger partial charge >= 0.3 is 0 Å². The van der Waals surface area contributed by atoms with Crippen molar-refractivity contribution in [3.8, 4) is 0 Å². The molecule has 2 atom stereocenters. The fourth-order valence-corrected chi connectivity index (χ4v) is 2.23. The van der Waals surface area contributed by atoms with Crippen LogP contribution in [0.3, 0.4) is 0 Å². The quantitative estimate of drug-likeness (QED) is 0.485. The van der Waals surface area contributed by atoms with Gasteiger partial charge in [0.2, 0.25) is 0 Å². The van der Waals surface area contributed by atoms with E-state index in [9.17, 15) is 0 Å². The Morgan fingerprint density at radius 3 is 3.18 bits per heavy atom. The highest BCUT2D eigenvalue weighted by molar-refractivity contribution is 5.03. The SMILES string of the molecule is C=C1CCC2CCCOC2C1. The third kappa shape index (κ3) is 1.48. The molecule has 2 rings (SSSR count). The van der Waals surface area contributed by atoms with Crippen LogP contribution in [0.15, 0.2) is 12.2 Å². The van der Waals surface area contributed by atoms with Gasteiger partial charge in [-0.2, -0.15) is 0 Å². The number of hydrogen-bond donors (Lipinski definition) is 0. The molecule has 0 spiro atoms. The summed E-state index contributed by atoms with van der Waals surface area (Å²) < 4.78 is 5.69. The lowest BCUT2D eigenvalue weighted by molar-refractivity contribution is -0.0362. The second-order valence-corrected chi connectivity index (χ2v) is 3.80. The highest BCUT2D eigenvalue weighted by atomic mass is 16.5. The molecule has 0 amide bonds. The van der Waals surface area contributed by atoms with E-state index >= 15 is 0 Å². The Hall–Kier alpha value is -0.300. The van der Waals surface area contributed by atoms with E-state index in [-0.39, 0.29) is 0 Å². The molecule has 0 aromatic carbocycles. The van der Waals surface area contributed by atoms with Crippen LogP contribution < -0.4 is 0 Å². The summed E-state index contributed by atoms with van der Waals surface area (Å²) in [6.07, 6.45) is 6.88. The van der Waals surface area contributed by atoms with Gasteiger partial charge in [0.15, 0.2) is 0 Å². The molecular formula is C10H16O. The predicted octanol–water partition coefficient (Wildman–Crippen LogP) is 2.52. The molecule has 2 aliphatic rings. The second-order valence-electron chi connectivity index (χ2n) is 3.80. The van der Waals surface area contributed by atoms with E-state index in [0.29, 0.717) is 6.10 Å².